The second kappa shape index (κ2) is 6.97. The van der Waals surface area contributed by atoms with Crippen molar-refractivity contribution in [2.45, 2.75) is 57.5 Å². The fourth-order valence-electron chi connectivity index (χ4n) is 3.99. The van der Waals surface area contributed by atoms with Crippen molar-refractivity contribution in [2.24, 2.45) is 23.7 Å². The Morgan fingerprint density at radius 3 is 1.76 bits per heavy atom. The minimum Gasteiger partial charge on any atom is -0.212 e. The van der Waals surface area contributed by atoms with Crippen LogP contribution in [0.15, 0.2) is 24.6 Å². The maximum atomic E-state index is 13.6. The predicted octanol–water partition coefficient (Wildman–Crippen LogP) is 6.20. The van der Waals surface area contributed by atoms with Gasteiger partial charge in [0.2, 0.25) is 0 Å². The van der Waals surface area contributed by atoms with Crippen LogP contribution in [-0.2, 0) is 0 Å². The molecule has 0 aromatic heterocycles. The van der Waals surface area contributed by atoms with E-state index in [1.807, 2.05) is 6.08 Å². The van der Waals surface area contributed by atoms with Crippen LogP contribution in [0.1, 0.15) is 51.4 Å². The molecular formula is C17H24F4. The summed E-state index contributed by atoms with van der Waals surface area (Å²) in [5, 5.41) is 0. The summed E-state index contributed by atoms with van der Waals surface area (Å²) < 4.78 is 50.1. The Balaban J connectivity index is 1.81. The Morgan fingerprint density at radius 2 is 1.33 bits per heavy atom. The van der Waals surface area contributed by atoms with E-state index < -0.39 is 17.9 Å². The third kappa shape index (κ3) is 4.86. The normalized spacial score (nSPS) is 35.5. The van der Waals surface area contributed by atoms with E-state index in [-0.39, 0.29) is 6.08 Å². The fraction of sp³-hybridized carbons (Fsp3) is 0.765. The smallest absolute Gasteiger partial charge is 0.212 e. The summed E-state index contributed by atoms with van der Waals surface area (Å²) in [6.07, 6.45) is 4.92. The maximum Gasteiger partial charge on any atom is 0.412 e. The molecule has 2 rings (SSSR count). The molecule has 0 bridgehead atoms. The number of hydrogen-bond donors (Lipinski definition) is 0. The van der Waals surface area contributed by atoms with Crippen LogP contribution >= 0.6 is 0 Å². The first-order valence-corrected chi connectivity index (χ1v) is 7.96. The largest absolute Gasteiger partial charge is 0.412 e. The van der Waals surface area contributed by atoms with Gasteiger partial charge in [0.25, 0.3) is 0 Å². The summed E-state index contributed by atoms with van der Waals surface area (Å²) in [5.74, 6) is 0.385. The standard InChI is InChI=1S/C17H24F4/c1-2-12-3-5-13(6-4-12)14-7-9-15(10-8-14)16(18)11-17(19,20)21/h2,11-15H,1,3-10H2/b16-11-. The second-order valence-corrected chi connectivity index (χ2v) is 6.59. The number of allylic oxidation sites excluding steroid dienone is 3. The molecule has 0 spiro atoms. The molecule has 2 aliphatic rings. The molecule has 0 radical (unpaired) electrons. The number of alkyl halides is 3. The van der Waals surface area contributed by atoms with Gasteiger partial charge in [0.15, 0.2) is 0 Å². The average molecular weight is 304 g/mol. The molecule has 21 heavy (non-hydrogen) atoms. The van der Waals surface area contributed by atoms with E-state index in [9.17, 15) is 17.6 Å². The molecule has 4 heteroatoms. The summed E-state index contributed by atoms with van der Waals surface area (Å²) in [4.78, 5) is 0. The number of halogens is 4. The molecular weight excluding hydrogens is 280 g/mol. The van der Waals surface area contributed by atoms with Crippen molar-refractivity contribution in [3.8, 4) is 0 Å². The van der Waals surface area contributed by atoms with Crippen LogP contribution < -0.4 is 0 Å². The highest BCUT2D eigenvalue weighted by Crippen LogP contribution is 2.43. The van der Waals surface area contributed by atoms with Gasteiger partial charge in [0.05, 0.1) is 6.08 Å². The highest BCUT2D eigenvalue weighted by Gasteiger charge is 2.33. The van der Waals surface area contributed by atoms with Crippen LogP contribution in [-0.4, -0.2) is 6.18 Å². The van der Waals surface area contributed by atoms with Crippen LogP contribution in [0.25, 0.3) is 0 Å². The van der Waals surface area contributed by atoms with Gasteiger partial charge in [0.1, 0.15) is 5.83 Å². The highest BCUT2D eigenvalue weighted by atomic mass is 19.4. The monoisotopic (exact) mass is 304 g/mol. The zero-order valence-corrected chi connectivity index (χ0v) is 12.3. The van der Waals surface area contributed by atoms with Gasteiger partial charge < -0.3 is 0 Å². The maximum absolute atomic E-state index is 13.6. The molecule has 0 aliphatic heterocycles. The lowest BCUT2D eigenvalue weighted by Gasteiger charge is -2.37. The van der Waals surface area contributed by atoms with E-state index in [1.54, 1.807) is 0 Å². The molecule has 0 N–H and O–H groups in total. The van der Waals surface area contributed by atoms with Crippen molar-refractivity contribution in [1.29, 1.82) is 0 Å². The molecule has 0 amide bonds. The molecule has 0 nitrogen and oxygen atoms in total. The summed E-state index contributed by atoms with van der Waals surface area (Å²) in [5.41, 5.74) is 0. The van der Waals surface area contributed by atoms with E-state index in [0.717, 1.165) is 12.8 Å². The Kier molecular flexibility index (Phi) is 5.50. The topological polar surface area (TPSA) is 0 Å². The first-order valence-electron chi connectivity index (χ1n) is 7.96. The summed E-state index contributed by atoms with van der Waals surface area (Å²) in [6, 6.07) is 0. The van der Waals surface area contributed by atoms with Gasteiger partial charge in [-0.3, -0.25) is 0 Å². The minimum absolute atomic E-state index is 0.159. The Morgan fingerprint density at radius 1 is 0.857 bits per heavy atom. The van der Waals surface area contributed by atoms with Crippen molar-refractivity contribution < 1.29 is 17.6 Å². The Hall–Kier alpha value is -0.800. The van der Waals surface area contributed by atoms with Crippen molar-refractivity contribution in [3.63, 3.8) is 0 Å². The van der Waals surface area contributed by atoms with Crippen LogP contribution in [0.2, 0.25) is 0 Å². The van der Waals surface area contributed by atoms with Gasteiger partial charge in [0, 0.05) is 5.92 Å². The summed E-state index contributed by atoms with van der Waals surface area (Å²) in [6.45, 7) is 3.84. The van der Waals surface area contributed by atoms with Crippen LogP contribution in [0, 0.1) is 23.7 Å². The van der Waals surface area contributed by atoms with Gasteiger partial charge in [-0.25, -0.2) is 4.39 Å². The van der Waals surface area contributed by atoms with Gasteiger partial charge >= 0.3 is 6.18 Å². The lowest BCUT2D eigenvalue weighted by molar-refractivity contribution is -0.0821. The van der Waals surface area contributed by atoms with Crippen LogP contribution in [0.3, 0.4) is 0 Å². The first kappa shape index (κ1) is 16.6. The third-order valence-corrected chi connectivity index (χ3v) is 5.28. The molecule has 120 valence electrons. The van der Waals surface area contributed by atoms with Crippen LogP contribution in [0.4, 0.5) is 17.6 Å². The molecule has 2 aliphatic carbocycles. The lowest BCUT2D eigenvalue weighted by Crippen LogP contribution is -2.25. The van der Waals surface area contributed by atoms with Gasteiger partial charge in [-0.2, -0.15) is 13.2 Å². The Labute approximate surface area is 124 Å². The first-order chi connectivity index (χ1) is 9.89. The van der Waals surface area contributed by atoms with Crippen molar-refractivity contribution in [2.75, 3.05) is 0 Å². The zero-order chi connectivity index (χ0) is 15.5. The van der Waals surface area contributed by atoms with E-state index in [2.05, 4.69) is 6.58 Å². The molecule has 2 fully saturated rings. The van der Waals surface area contributed by atoms with Gasteiger partial charge in [-0.15, -0.1) is 6.58 Å². The number of rotatable bonds is 3. The fourth-order valence-corrected chi connectivity index (χ4v) is 3.99. The molecule has 0 saturated heterocycles. The van der Waals surface area contributed by atoms with E-state index >= 15 is 0 Å². The Bertz CT molecular complexity index is 367. The van der Waals surface area contributed by atoms with Crippen molar-refractivity contribution in [1.82, 2.24) is 0 Å². The molecule has 2 saturated carbocycles. The number of hydrogen-bond acceptors (Lipinski definition) is 0. The highest BCUT2D eigenvalue weighted by molar-refractivity contribution is 5.03. The van der Waals surface area contributed by atoms with E-state index in [0.29, 0.717) is 30.6 Å². The average Bonchev–Trinajstić information content (AvgIpc) is 2.46. The minimum atomic E-state index is -4.54. The quantitative estimate of drug-likeness (QED) is 0.430. The summed E-state index contributed by atoms with van der Waals surface area (Å²) in [7, 11) is 0. The zero-order valence-electron chi connectivity index (χ0n) is 12.3. The molecule has 0 aromatic carbocycles. The molecule has 0 unspecified atom stereocenters. The third-order valence-electron chi connectivity index (χ3n) is 5.28. The second-order valence-electron chi connectivity index (χ2n) is 6.59. The van der Waals surface area contributed by atoms with Crippen LogP contribution in [0.5, 0.6) is 0 Å². The van der Waals surface area contributed by atoms with E-state index in [4.69, 9.17) is 0 Å². The SMILES string of the molecule is C=CC1CCC(C2CCC(/C(F)=C/C(F)(F)F)CC2)CC1. The summed E-state index contributed by atoms with van der Waals surface area (Å²) >= 11 is 0. The van der Waals surface area contributed by atoms with E-state index in [1.165, 1.54) is 25.7 Å². The lowest BCUT2D eigenvalue weighted by atomic mass is 9.69. The predicted molar refractivity (Wildman–Crippen MR) is 76.3 cm³/mol. The molecule has 0 aromatic rings. The van der Waals surface area contributed by atoms with Gasteiger partial charge in [-0.05, 0) is 69.1 Å². The molecule has 0 heterocycles. The van der Waals surface area contributed by atoms with Crippen molar-refractivity contribution >= 4 is 0 Å². The molecule has 0 atom stereocenters. The van der Waals surface area contributed by atoms with Gasteiger partial charge in [-0.1, -0.05) is 6.08 Å². The van der Waals surface area contributed by atoms with Crippen molar-refractivity contribution in [3.05, 3.63) is 24.6 Å².